The number of allylic oxidation sites excluding steroid dienone is 5. The number of hydrogen-bond acceptors (Lipinski definition) is 1. The van der Waals surface area contributed by atoms with E-state index in [4.69, 9.17) is 4.99 Å². The van der Waals surface area contributed by atoms with Crippen LogP contribution >= 0.6 is 0 Å². The lowest BCUT2D eigenvalue weighted by Gasteiger charge is -2.32. The molecule has 1 nitrogen and oxygen atoms in total. The van der Waals surface area contributed by atoms with E-state index in [0.29, 0.717) is 17.8 Å². The van der Waals surface area contributed by atoms with E-state index in [0.717, 1.165) is 6.54 Å². The summed E-state index contributed by atoms with van der Waals surface area (Å²) in [5, 5.41) is 0. The Morgan fingerprint density at radius 3 is 2.76 bits per heavy atom. The second-order valence-electron chi connectivity index (χ2n) is 6.22. The van der Waals surface area contributed by atoms with Crippen molar-refractivity contribution in [1.29, 1.82) is 0 Å². The molecule has 1 aromatic rings. The monoisotopic (exact) mass is 275 g/mol. The van der Waals surface area contributed by atoms with Crippen LogP contribution in [-0.2, 0) is 0 Å². The molecule has 0 fully saturated rings. The number of fused-ring (bicyclic) bond motifs is 2. The molecular formula is C20H21N. The molecular weight excluding hydrogens is 254 g/mol. The minimum atomic E-state index is 0.447. The number of hydrogen-bond donors (Lipinski definition) is 0. The molecule has 2 aliphatic carbocycles. The van der Waals surface area contributed by atoms with Gasteiger partial charge in [-0.2, -0.15) is 0 Å². The average Bonchev–Trinajstić information content (AvgIpc) is 2.72. The molecule has 21 heavy (non-hydrogen) atoms. The highest BCUT2D eigenvalue weighted by Gasteiger charge is 2.33. The number of aliphatic imine (C=N–C) groups is 1. The van der Waals surface area contributed by atoms with Gasteiger partial charge in [-0.1, -0.05) is 60.7 Å². The molecule has 3 aliphatic rings. The van der Waals surface area contributed by atoms with Crippen molar-refractivity contribution in [2.75, 3.05) is 6.54 Å². The Bertz CT molecular complexity index is 648. The minimum absolute atomic E-state index is 0.447. The van der Waals surface area contributed by atoms with Gasteiger partial charge in [0, 0.05) is 24.1 Å². The molecule has 0 aromatic heterocycles. The van der Waals surface area contributed by atoms with Gasteiger partial charge < -0.3 is 0 Å². The van der Waals surface area contributed by atoms with Gasteiger partial charge in [-0.05, 0) is 36.3 Å². The fourth-order valence-corrected chi connectivity index (χ4v) is 3.91. The van der Waals surface area contributed by atoms with Crippen molar-refractivity contribution in [3.8, 4) is 0 Å². The third-order valence-electron chi connectivity index (χ3n) is 4.95. The maximum atomic E-state index is 4.92. The molecule has 0 saturated heterocycles. The summed E-state index contributed by atoms with van der Waals surface area (Å²) < 4.78 is 0. The first-order chi connectivity index (χ1) is 10.4. The van der Waals surface area contributed by atoms with E-state index in [1.54, 1.807) is 0 Å². The lowest BCUT2D eigenvalue weighted by atomic mass is 9.73. The third kappa shape index (κ3) is 2.31. The van der Waals surface area contributed by atoms with Crippen LogP contribution in [0.5, 0.6) is 0 Å². The van der Waals surface area contributed by atoms with Gasteiger partial charge in [0.1, 0.15) is 0 Å². The molecule has 106 valence electrons. The molecule has 1 aliphatic heterocycles. The maximum Gasteiger partial charge on any atom is 0.0389 e. The van der Waals surface area contributed by atoms with Crippen LogP contribution in [0.4, 0.5) is 0 Å². The zero-order chi connectivity index (χ0) is 14.1. The Morgan fingerprint density at radius 2 is 1.86 bits per heavy atom. The Morgan fingerprint density at radius 1 is 0.952 bits per heavy atom. The summed E-state index contributed by atoms with van der Waals surface area (Å²) in [4.78, 5) is 4.92. The molecule has 3 unspecified atom stereocenters. The topological polar surface area (TPSA) is 12.4 Å². The molecule has 1 aromatic carbocycles. The first kappa shape index (κ1) is 12.8. The highest BCUT2D eigenvalue weighted by Crippen LogP contribution is 2.42. The molecule has 0 spiro atoms. The Labute approximate surface area is 126 Å². The quantitative estimate of drug-likeness (QED) is 0.699. The van der Waals surface area contributed by atoms with Gasteiger partial charge in [-0.25, -0.2) is 0 Å². The van der Waals surface area contributed by atoms with Gasteiger partial charge in [0.25, 0.3) is 0 Å². The van der Waals surface area contributed by atoms with Crippen molar-refractivity contribution in [2.45, 2.75) is 25.2 Å². The standard InChI is InChI=1S/C20H21N/c1-3-9-17-15(7-1)12-13-16-8-2-4-10-18(16)20(17)19-11-5-6-14-21-19/h1-4,7-10,12-13,15,17,20H,5-6,11,14H2. The van der Waals surface area contributed by atoms with Gasteiger partial charge in [0.15, 0.2) is 0 Å². The van der Waals surface area contributed by atoms with Crippen molar-refractivity contribution in [3.63, 3.8) is 0 Å². The maximum absolute atomic E-state index is 4.92. The van der Waals surface area contributed by atoms with Crippen LogP contribution in [0, 0.1) is 11.8 Å². The predicted octanol–water partition coefficient (Wildman–Crippen LogP) is 4.78. The Hall–Kier alpha value is -1.89. The number of nitrogens with zero attached hydrogens (tertiary/aromatic N) is 1. The number of rotatable bonds is 1. The molecule has 1 heteroatoms. The Kier molecular flexibility index (Phi) is 3.34. The first-order valence-electron chi connectivity index (χ1n) is 8.09. The van der Waals surface area contributed by atoms with E-state index in [9.17, 15) is 0 Å². The predicted molar refractivity (Wildman–Crippen MR) is 89.6 cm³/mol. The summed E-state index contributed by atoms with van der Waals surface area (Å²) in [6, 6.07) is 8.86. The molecule has 0 saturated carbocycles. The van der Waals surface area contributed by atoms with Gasteiger partial charge in [0.05, 0.1) is 0 Å². The summed E-state index contributed by atoms with van der Waals surface area (Å²) in [6.07, 6.45) is 17.5. The molecule has 0 bridgehead atoms. The lowest BCUT2D eigenvalue weighted by molar-refractivity contribution is 0.511. The summed E-state index contributed by atoms with van der Waals surface area (Å²) in [7, 11) is 0. The smallest absolute Gasteiger partial charge is 0.0389 e. The highest BCUT2D eigenvalue weighted by molar-refractivity contribution is 5.93. The van der Waals surface area contributed by atoms with E-state index < -0.39 is 0 Å². The zero-order valence-electron chi connectivity index (χ0n) is 12.3. The van der Waals surface area contributed by atoms with Crippen molar-refractivity contribution in [1.82, 2.24) is 0 Å². The highest BCUT2D eigenvalue weighted by atomic mass is 14.8. The summed E-state index contributed by atoms with van der Waals surface area (Å²) in [5.74, 6) is 1.46. The van der Waals surface area contributed by atoms with E-state index in [2.05, 4.69) is 60.7 Å². The zero-order valence-corrected chi connectivity index (χ0v) is 12.3. The molecule has 4 rings (SSSR count). The molecule has 1 heterocycles. The van der Waals surface area contributed by atoms with Crippen LogP contribution < -0.4 is 0 Å². The van der Waals surface area contributed by atoms with Gasteiger partial charge >= 0.3 is 0 Å². The fourth-order valence-electron chi connectivity index (χ4n) is 3.91. The van der Waals surface area contributed by atoms with Gasteiger partial charge in [-0.15, -0.1) is 0 Å². The van der Waals surface area contributed by atoms with E-state index in [1.165, 1.54) is 36.1 Å². The van der Waals surface area contributed by atoms with E-state index in [-0.39, 0.29) is 0 Å². The second kappa shape index (κ2) is 5.48. The van der Waals surface area contributed by atoms with Gasteiger partial charge in [-0.3, -0.25) is 4.99 Å². The average molecular weight is 275 g/mol. The number of benzene rings is 1. The fraction of sp³-hybridized carbons (Fsp3) is 0.350. The molecule has 3 atom stereocenters. The Balaban J connectivity index is 1.85. The van der Waals surface area contributed by atoms with Crippen LogP contribution in [0.2, 0.25) is 0 Å². The van der Waals surface area contributed by atoms with Crippen LogP contribution in [-0.4, -0.2) is 12.3 Å². The van der Waals surface area contributed by atoms with Gasteiger partial charge in [0.2, 0.25) is 0 Å². The van der Waals surface area contributed by atoms with Crippen LogP contribution in [0.1, 0.15) is 36.3 Å². The van der Waals surface area contributed by atoms with E-state index in [1.807, 2.05) is 0 Å². The lowest BCUT2D eigenvalue weighted by Crippen LogP contribution is -2.27. The first-order valence-corrected chi connectivity index (χ1v) is 8.09. The SMILES string of the molecule is C1=CC2C=Cc3ccccc3C(C3=NCCCC3)C2C=C1. The van der Waals surface area contributed by atoms with Crippen molar-refractivity contribution in [3.05, 3.63) is 65.8 Å². The largest absolute Gasteiger partial charge is 0.293 e. The summed E-state index contributed by atoms with van der Waals surface area (Å²) in [5.41, 5.74) is 4.25. The van der Waals surface area contributed by atoms with Crippen molar-refractivity contribution >= 4 is 11.8 Å². The molecule has 0 radical (unpaired) electrons. The minimum Gasteiger partial charge on any atom is -0.293 e. The van der Waals surface area contributed by atoms with Crippen LogP contribution in [0.3, 0.4) is 0 Å². The van der Waals surface area contributed by atoms with Crippen LogP contribution in [0.15, 0.2) is 59.6 Å². The molecule has 0 N–H and O–H groups in total. The summed E-state index contributed by atoms with van der Waals surface area (Å²) in [6.45, 7) is 1.01. The summed E-state index contributed by atoms with van der Waals surface area (Å²) >= 11 is 0. The third-order valence-corrected chi connectivity index (χ3v) is 4.95. The van der Waals surface area contributed by atoms with E-state index >= 15 is 0 Å². The molecule has 0 amide bonds. The van der Waals surface area contributed by atoms with Crippen molar-refractivity contribution < 1.29 is 0 Å². The normalized spacial score (nSPS) is 30.3. The van der Waals surface area contributed by atoms with Crippen molar-refractivity contribution in [2.24, 2.45) is 16.8 Å². The van der Waals surface area contributed by atoms with Crippen LogP contribution in [0.25, 0.3) is 6.08 Å². The second-order valence-corrected chi connectivity index (χ2v) is 6.22.